The highest BCUT2D eigenvalue weighted by molar-refractivity contribution is 7.98. The fraction of sp³-hybridized carbons (Fsp3) is 0.409. The van der Waals surface area contributed by atoms with E-state index in [4.69, 9.17) is 4.74 Å². The summed E-state index contributed by atoms with van der Waals surface area (Å²) in [4.78, 5) is 11.6. The molecule has 28 heavy (non-hydrogen) atoms. The number of benzene rings is 2. The Bertz CT molecular complexity index is 705. The van der Waals surface area contributed by atoms with Crippen molar-refractivity contribution in [3.63, 3.8) is 0 Å². The highest BCUT2D eigenvalue weighted by Crippen LogP contribution is 2.20. The maximum Gasteiger partial charge on any atom is 0.305 e. The Kier molecular flexibility index (Phi) is 11.0. The summed E-state index contributed by atoms with van der Waals surface area (Å²) in [6.45, 7) is 1.48. The van der Waals surface area contributed by atoms with Crippen LogP contribution in [0, 0.1) is 0 Å². The van der Waals surface area contributed by atoms with Crippen LogP contribution in [0.5, 0.6) is 0 Å². The number of hydrogen-bond donors (Lipinski definition) is 1. The second-order valence-electron chi connectivity index (χ2n) is 6.39. The summed E-state index contributed by atoms with van der Waals surface area (Å²) in [5.41, 5.74) is 2.90. The van der Waals surface area contributed by atoms with E-state index in [1.807, 2.05) is 49.5 Å². The standard InChI is InChI=1S/C22H29N3O2S/c1-23-15-7-3-6-10-22(26)27-16-17-28-18-19-11-13-21(14-12-19)25-24-20-8-4-2-5-9-20/h2,4-5,8-9,11-14,23H,3,6-7,10,15-18H2,1H3. The summed E-state index contributed by atoms with van der Waals surface area (Å²) >= 11 is 1.76. The Morgan fingerprint density at radius 3 is 2.39 bits per heavy atom. The van der Waals surface area contributed by atoms with Gasteiger partial charge in [0.1, 0.15) is 6.61 Å². The molecule has 5 nitrogen and oxygen atoms in total. The van der Waals surface area contributed by atoms with E-state index in [9.17, 15) is 4.79 Å². The number of carbonyl (C=O) groups excluding carboxylic acids is 1. The molecule has 1 N–H and O–H groups in total. The van der Waals surface area contributed by atoms with Crippen molar-refractivity contribution in [3.05, 3.63) is 60.2 Å². The summed E-state index contributed by atoms with van der Waals surface area (Å²) in [6.07, 6.45) is 3.59. The largest absolute Gasteiger partial charge is 0.465 e. The third-order valence-corrected chi connectivity index (χ3v) is 5.03. The van der Waals surface area contributed by atoms with Crippen LogP contribution in [0.2, 0.25) is 0 Å². The predicted octanol–water partition coefficient (Wildman–Crippen LogP) is 5.66. The first-order valence-electron chi connectivity index (χ1n) is 9.71. The lowest BCUT2D eigenvalue weighted by Crippen LogP contribution is -2.09. The molecule has 2 rings (SSSR count). The number of nitrogens with one attached hydrogen (secondary N) is 1. The van der Waals surface area contributed by atoms with Crippen LogP contribution in [-0.4, -0.2) is 31.9 Å². The van der Waals surface area contributed by atoms with Gasteiger partial charge in [0.15, 0.2) is 0 Å². The van der Waals surface area contributed by atoms with Gasteiger partial charge in [0.05, 0.1) is 11.4 Å². The van der Waals surface area contributed by atoms with Gasteiger partial charge in [-0.15, -0.1) is 0 Å². The lowest BCUT2D eigenvalue weighted by atomic mass is 10.2. The van der Waals surface area contributed by atoms with Gasteiger partial charge >= 0.3 is 5.97 Å². The molecule has 2 aromatic carbocycles. The van der Waals surface area contributed by atoms with Gasteiger partial charge < -0.3 is 10.1 Å². The molecular weight excluding hydrogens is 370 g/mol. The van der Waals surface area contributed by atoms with Crippen LogP contribution in [0.1, 0.15) is 31.2 Å². The van der Waals surface area contributed by atoms with Crippen LogP contribution in [0.25, 0.3) is 0 Å². The fourth-order valence-electron chi connectivity index (χ4n) is 2.49. The molecular formula is C22H29N3O2S. The van der Waals surface area contributed by atoms with E-state index in [-0.39, 0.29) is 5.97 Å². The van der Waals surface area contributed by atoms with E-state index in [1.165, 1.54) is 5.56 Å². The lowest BCUT2D eigenvalue weighted by molar-refractivity contribution is -0.143. The number of unbranched alkanes of at least 4 members (excludes halogenated alkanes) is 2. The van der Waals surface area contributed by atoms with Crippen LogP contribution >= 0.6 is 11.8 Å². The van der Waals surface area contributed by atoms with Crippen molar-refractivity contribution in [1.29, 1.82) is 0 Å². The molecule has 0 saturated carbocycles. The number of carbonyl (C=O) groups is 1. The number of esters is 1. The van der Waals surface area contributed by atoms with Gasteiger partial charge in [0.25, 0.3) is 0 Å². The Hall–Kier alpha value is -2.18. The van der Waals surface area contributed by atoms with Gasteiger partial charge in [0, 0.05) is 17.9 Å². The summed E-state index contributed by atoms with van der Waals surface area (Å²) in [5, 5.41) is 11.6. The Balaban J connectivity index is 1.57. The van der Waals surface area contributed by atoms with Gasteiger partial charge in [-0.05, 0) is 56.3 Å². The number of thioether (sulfide) groups is 1. The maximum absolute atomic E-state index is 11.6. The monoisotopic (exact) mass is 399 g/mol. The average Bonchev–Trinajstić information content (AvgIpc) is 2.73. The minimum absolute atomic E-state index is 0.0850. The first kappa shape index (κ1) is 22.1. The maximum atomic E-state index is 11.6. The number of rotatable bonds is 13. The Morgan fingerprint density at radius 2 is 1.68 bits per heavy atom. The summed E-state index contributed by atoms with van der Waals surface area (Å²) < 4.78 is 5.28. The van der Waals surface area contributed by atoms with Gasteiger partial charge in [-0.3, -0.25) is 4.79 Å². The minimum atomic E-state index is -0.0850. The van der Waals surface area contributed by atoms with Gasteiger partial charge in [-0.2, -0.15) is 22.0 Å². The Morgan fingerprint density at radius 1 is 0.964 bits per heavy atom. The number of azo groups is 1. The molecule has 0 radical (unpaired) electrons. The minimum Gasteiger partial charge on any atom is -0.465 e. The molecule has 0 amide bonds. The Labute approximate surface area is 172 Å². The zero-order valence-corrected chi connectivity index (χ0v) is 17.3. The van der Waals surface area contributed by atoms with Crippen LogP contribution < -0.4 is 5.32 Å². The molecule has 0 atom stereocenters. The van der Waals surface area contributed by atoms with Crippen molar-refractivity contribution in [2.75, 3.05) is 26.0 Å². The summed E-state index contributed by atoms with van der Waals surface area (Å²) in [7, 11) is 1.94. The quantitative estimate of drug-likeness (QED) is 0.268. The molecule has 0 aliphatic rings. The first-order chi connectivity index (χ1) is 13.8. The van der Waals surface area contributed by atoms with Crippen molar-refractivity contribution in [1.82, 2.24) is 5.32 Å². The first-order valence-corrected chi connectivity index (χ1v) is 10.9. The number of nitrogens with zero attached hydrogens (tertiary/aromatic N) is 2. The molecule has 0 saturated heterocycles. The fourth-order valence-corrected chi connectivity index (χ4v) is 3.27. The predicted molar refractivity (Wildman–Crippen MR) is 117 cm³/mol. The van der Waals surface area contributed by atoms with E-state index in [2.05, 4.69) is 27.7 Å². The lowest BCUT2D eigenvalue weighted by Gasteiger charge is -2.05. The van der Waals surface area contributed by atoms with E-state index in [0.29, 0.717) is 13.0 Å². The third-order valence-electron chi connectivity index (χ3n) is 4.04. The topological polar surface area (TPSA) is 63.0 Å². The second kappa shape index (κ2) is 13.9. The number of hydrogen-bond acceptors (Lipinski definition) is 6. The van der Waals surface area contributed by atoms with Crippen molar-refractivity contribution >= 4 is 29.1 Å². The van der Waals surface area contributed by atoms with Crippen LogP contribution in [0.15, 0.2) is 64.8 Å². The van der Waals surface area contributed by atoms with Crippen LogP contribution in [0.3, 0.4) is 0 Å². The molecule has 0 aromatic heterocycles. The summed E-state index contributed by atoms with van der Waals surface area (Å²) in [5.74, 6) is 1.61. The highest BCUT2D eigenvalue weighted by atomic mass is 32.2. The van der Waals surface area contributed by atoms with Crippen molar-refractivity contribution in [2.24, 2.45) is 10.2 Å². The molecule has 0 fully saturated rings. The molecule has 0 spiro atoms. The summed E-state index contributed by atoms with van der Waals surface area (Å²) in [6, 6.07) is 17.7. The van der Waals surface area contributed by atoms with Gasteiger partial charge in [-0.25, -0.2) is 0 Å². The zero-order chi connectivity index (χ0) is 19.9. The normalized spacial score (nSPS) is 11.0. The van der Waals surface area contributed by atoms with Crippen molar-refractivity contribution < 1.29 is 9.53 Å². The molecule has 0 bridgehead atoms. The SMILES string of the molecule is CNCCCCCC(=O)OCCSCc1ccc(N=Nc2ccccc2)cc1. The number of ether oxygens (including phenoxy) is 1. The molecule has 0 heterocycles. The van der Waals surface area contributed by atoms with E-state index < -0.39 is 0 Å². The second-order valence-corrected chi connectivity index (χ2v) is 7.49. The van der Waals surface area contributed by atoms with Gasteiger partial charge in [0.2, 0.25) is 0 Å². The molecule has 0 aliphatic carbocycles. The van der Waals surface area contributed by atoms with E-state index >= 15 is 0 Å². The molecule has 2 aromatic rings. The van der Waals surface area contributed by atoms with Crippen LogP contribution in [-0.2, 0) is 15.3 Å². The van der Waals surface area contributed by atoms with E-state index in [0.717, 1.165) is 48.7 Å². The molecule has 150 valence electrons. The van der Waals surface area contributed by atoms with Gasteiger partial charge in [-0.1, -0.05) is 36.8 Å². The molecule has 0 aliphatic heterocycles. The highest BCUT2D eigenvalue weighted by Gasteiger charge is 2.02. The van der Waals surface area contributed by atoms with Crippen LogP contribution in [0.4, 0.5) is 11.4 Å². The van der Waals surface area contributed by atoms with E-state index in [1.54, 1.807) is 11.8 Å². The molecule has 0 unspecified atom stereocenters. The smallest absolute Gasteiger partial charge is 0.305 e. The van der Waals surface area contributed by atoms with Crippen molar-refractivity contribution in [3.8, 4) is 0 Å². The molecule has 6 heteroatoms. The average molecular weight is 400 g/mol. The zero-order valence-electron chi connectivity index (χ0n) is 16.5. The van der Waals surface area contributed by atoms with Crippen molar-refractivity contribution in [2.45, 2.75) is 31.4 Å². The third kappa shape index (κ3) is 9.67.